The van der Waals surface area contributed by atoms with E-state index in [1.807, 2.05) is 6.92 Å². The second-order valence-corrected chi connectivity index (χ2v) is 4.22. The highest BCUT2D eigenvalue weighted by Crippen LogP contribution is 2.30. The molecule has 1 aromatic heterocycles. The first-order valence-corrected chi connectivity index (χ1v) is 6.05. The maximum atomic E-state index is 13.9. The smallest absolute Gasteiger partial charge is 0.149 e. The summed E-state index contributed by atoms with van der Waals surface area (Å²) in [5.41, 5.74) is 1.58. The number of halogens is 1. The highest BCUT2D eigenvalue weighted by atomic mass is 19.1. The van der Waals surface area contributed by atoms with Crippen LogP contribution in [0.15, 0.2) is 24.3 Å². The summed E-state index contributed by atoms with van der Waals surface area (Å²) in [7, 11) is 1.76. The molecule has 5 heteroatoms. The van der Waals surface area contributed by atoms with Crippen molar-refractivity contribution in [1.82, 2.24) is 9.78 Å². The highest BCUT2D eigenvalue weighted by Gasteiger charge is 2.21. The number of nitrogens with zero attached hydrogens (tertiary/aromatic N) is 4. The molecule has 1 heterocycles. The second kappa shape index (κ2) is 5.11. The Hall–Kier alpha value is -2.35. The van der Waals surface area contributed by atoms with Crippen molar-refractivity contribution in [3.05, 3.63) is 41.3 Å². The van der Waals surface area contributed by atoms with Crippen LogP contribution in [-0.2, 0) is 7.05 Å². The van der Waals surface area contributed by atoms with Crippen LogP contribution in [0, 0.1) is 24.1 Å². The molecule has 0 bridgehead atoms. The van der Waals surface area contributed by atoms with Crippen LogP contribution in [0.2, 0.25) is 0 Å². The first kappa shape index (κ1) is 13.1. The predicted molar refractivity (Wildman–Crippen MR) is 71.7 cm³/mol. The lowest BCUT2D eigenvalue weighted by molar-refractivity contribution is 0.623. The molecule has 0 aliphatic carbocycles. The molecule has 0 saturated carbocycles. The van der Waals surface area contributed by atoms with E-state index < -0.39 is 0 Å². The van der Waals surface area contributed by atoms with Crippen molar-refractivity contribution in [2.75, 3.05) is 11.4 Å². The Morgan fingerprint density at radius 1 is 1.42 bits per heavy atom. The zero-order valence-electron chi connectivity index (χ0n) is 11.2. The summed E-state index contributed by atoms with van der Waals surface area (Å²) in [6.45, 7) is 4.24. The SMILES string of the molecule is CCN(c1ccccc1F)c1c(C#N)c(C)nn1C. The molecule has 0 amide bonds. The van der Waals surface area contributed by atoms with Gasteiger partial charge in [0.2, 0.25) is 0 Å². The van der Waals surface area contributed by atoms with E-state index in [0.717, 1.165) is 0 Å². The average molecular weight is 258 g/mol. The molecule has 2 aromatic rings. The Labute approximate surface area is 111 Å². The van der Waals surface area contributed by atoms with E-state index in [1.165, 1.54) is 6.07 Å². The van der Waals surface area contributed by atoms with Crippen molar-refractivity contribution in [2.24, 2.45) is 7.05 Å². The van der Waals surface area contributed by atoms with Gasteiger partial charge in [0.1, 0.15) is 23.3 Å². The molecule has 2 rings (SSSR count). The van der Waals surface area contributed by atoms with Crippen LogP contribution in [-0.4, -0.2) is 16.3 Å². The van der Waals surface area contributed by atoms with Gasteiger partial charge in [-0.25, -0.2) is 4.39 Å². The molecule has 98 valence electrons. The van der Waals surface area contributed by atoms with Crippen LogP contribution in [0.1, 0.15) is 18.2 Å². The topological polar surface area (TPSA) is 44.9 Å². The standard InChI is InChI=1S/C14H15FN4/c1-4-19(13-8-6-5-7-12(13)15)14-11(9-16)10(2)17-18(14)3/h5-8H,4H2,1-3H3. The van der Waals surface area contributed by atoms with Gasteiger partial charge in [-0.05, 0) is 26.0 Å². The highest BCUT2D eigenvalue weighted by molar-refractivity contribution is 5.67. The van der Waals surface area contributed by atoms with Gasteiger partial charge in [0.15, 0.2) is 0 Å². The predicted octanol–water partition coefficient (Wildman–Crippen LogP) is 2.90. The fourth-order valence-corrected chi connectivity index (χ4v) is 2.19. The molecule has 0 spiro atoms. The minimum Gasteiger partial charge on any atom is -0.323 e. The number of nitriles is 1. The van der Waals surface area contributed by atoms with Crippen LogP contribution < -0.4 is 4.90 Å². The van der Waals surface area contributed by atoms with Gasteiger partial charge in [-0.15, -0.1) is 0 Å². The summed E-state index contributed by atoms with van der Waals surface area (Å²) in [6, 6.07) is 8.67. The number of rotatable bonds is 3. The third-order valence-corrected chi connectivity index (χ3v) is 3.02. The van der Waals surface area contributed by atoms with Crippen molar-refractivity contribution >= 4 is 11.5 Å². The maximum absolute atomic E-state index is 13.9. The first-order valence-electron chi connectivity index (χ1n) is 6.05. The van der Waals surface area contributed by atoms with E-state index in [1.54, 1.807) is 41.8 Å². The monoisotopic (exact) mass is 258 g/mol. The summed E-state index contributed by atoms with van der Waals surface area (Å²) < 4.78 is 15.5. The molecule has 4 nitrogen and oxygen atoms in total. The number of anilines is 2. The van der Waals surface area contributed by atoms with Crippen molar-refractivity contribution in [3.8, 4) is 6.07 Å². The number of hydrogen-bond donors (Lipinski definition) is 0. The first-order chi connectivity index (χ1) is 9.10. The zero-order chi connectivity index (χ0) is 14.0. The number of para-hydroxylation sites is 1. The molecular weight excluding hydrogens is 243 g/mol. The molecule has 19 heavy (non-hydrogen) atoms. The van der Waals surface area contributed by atoms with E-state index in [2.05, 4.69) is 11.2 Å². The Kier molecular flexibility index (Phi) is 3.52. The molecule has 0 fully saturated rings. The fourth-order valence-electron chi connectivity index (χ4n) is 2.19. The van der Waals surface area contributed by atoms with Gasteiger partial charge in [-0.3, -0.25) is 4.68 Å². The molecule has 0 unspecified atom stereocenters. The van der Waals surface area contributed by atoms with Crippen molar-refractivity contribution in [3.63, 3.8) is 0 Å². The normalized spacial score (nSPS) is 10.3. The minimum absolute atomic E-state index is 0.313. The largest absolute Gasteiger partial charge is 0.323 e. The lowest BCUT2D eigenvalue weighted by Gasteiger charge is -2.23. The fraction of sp³-hybridized carbons (Fsp3) is 0.286. The molecule has 0 aliphatic rings. The van der Waals surface area contributed by atoms with Gasteiger partial charge in [0, 0.05) is 13.6 Å². The summed E-state index contributed by atoms with van der Waals surface area (Å²) in [5.74, 6) is 0.305. The molecule has 0 N–H and O–H groups in total. The molecule has 0 saturated heterocycles. The Balaban J connectivity index is 2.62. The summed E-state index contributed by atoms with van der Waals surface area (Å²) >= 11 is 0. The molecular formula is C14H15FN4. The van der Waals surface area contributed by atoms with Crippen molar-refractivity contribution < 1.29 is 4.39 Å². The van der Waals surface area contributed by atoms with Gasteiger partial charge >= 0.3 is 0 Å². The van der Waals surface area contributed by atoms with Crippen molar-refractivity contribution in [2.45, 2.75) is 13.8 Å². The molecule has 0 aliphatic heterocycles. The van der Waals surface area contributed by atoms with Crippen LogP contribution in [0.3, 0.4) is 0 Å². The molecule has 0 radical (unpaired) electrons. The van der Waals surface area contributed by atoms with E-state index in [4.69, 9.17) is 0 Å². The van der Waals surface area contributed by atoms with Gasteiger partial charge in [0.05, 0.1) is 11.4 Å². The van der Waals surface area contributed by atoms with E-state index in [-0.39, 0.29) is 5.82 Å². The summed E-state index contributed by atoms with van der Waals surface area (Å²) in [6.07, 6.45) is 0. The second-order valence-electron chi connectivity index (χ2n) is 4.22. The average Bonchev–Trinajstić information content (AvgIpc) is 2.67. The minimum atomic E-state index is -0.313. The Morgan fingerprint density at radius 2 is 2.11 bits per heavy atom. The van der Waals surface area contributed by atoms with E-state index in [0.29, 0.717) is 29.3 Å². The summed E-state index contributed by atoms with van der Waals surface area (Å²) in [5, 5.41) is 13.5. The number of aryl methyl sites for hydroxylation is 2. The Bertz CT molecular complexity index is 639. The van der Waals surface area contributed by atoms with Gasteiger partial charge in [-0.1, -0.05) is 12.1 Å². The lowest BCUT2D eigenvalue weighted by Crippen LogP contribution is -2.21. The quantitative estimate of drug-likeness (QED) is 0.850. The van der Waals surface area contributed by atoms with Gasteiger partial charge in [0.25, 0.3) is 0 Å². The van der Waals surface area contributed by atoms with Crippen LogP contribution in [0.25, 0.3) is 0 Å². The van der Waals surface area contributed by atoms with Crippen LogP contribution >= 0.6 is 0 Å². The number of hydrogen-bond acceptors (Lipinski definition) is 3. The maximum Gasteiger partial charge on any atom is 0.149 e. The third-order valence-electron chi connectivity index (χ3n) is 3.02. The number of aromatic nitrogens is 2. The summed E-state index contributed by atoms with van der Waals surface area (Å²) in [4.78, 5) is 1.76. The van der Waals surface area contributed by atoms with Crippen LogP contribution in [0.5, 0.6) is 0 Å². The van der Waals surface area contributed by atoms with E-state index >= 15 is 0 Å². The third kappa shape index (κ3) is 2.17. The van der Waals surface area contributed by atoms with Crippen LogP contribution in [0.4, 0.5) is 15.9 Å². The molecule has 0 atom stereocenters. The Morgan fingerprint density at radius 3 is 2.68 bits per heavy atom. The van der Waals surface area contributed by atoms with Gasteiger partial charge < -0.3 is 4.90 Å². The van der Waals surface area contributed by atoms with Crippen molar-refractivity contribution in [1.29, 1.82) is 5.26 Å². The lowest BCUT2D eigenvalue weighted by atomic mass is 10.2. The van der Waals surface area contributed by atoms with E-state index in [9.17, 15) is 9.65 Å². The van der Waals surface area contributed by atoms with Gasteiger partial charge in [-0.2, -0.15) is 10.4 Å². The number of benzene rings is 1. The zero-order valence-corrected chi connectivity index (χ0v) is 11.2. The molecule has 1 aromatic carbocycles.